The van der Waals surface area contributed by atoms with Crippen LogP contribution in [0.3, 0.4) is 0 Å². The molecule has 1 atom stereocenters. The molecule has 0 saturated heterocycles. The number of hydrogen-bond acceptors (Lipinski definition) is 3. The van der Waals surface area contributed by atoms with Gasteiger partial charge in [-0.15, -0.1) is 12.3 Å². The molecule has 0 N–H and O–H groups in total. The van der Waals surface area contributed by atoms with E-state index in [4.69, 9.17) is 6.42 Å². The fourth-order valence-electron chi connectivity index (χ4n) is 1.94. The van der Waals surface area contributed by atoms with Crippen molar-refractivity contribution in [3.05, 3.63) is 30.1 Å². The third-order valence-corrected chi connectivity index (χ3v) is 2.97. The van der Waals surface area contributed by atoms with Crippen LogP contribution in [0.15, 0.2) is 29.6 Å². The smallest absolute Gasteiger partial charge is 0.248 e. The Morgan fingerprint density at radius 1 is 1.50 bits per heavy atom. The van der Waals surface area contributed by atoms with Crippen molar-refractivity contribution in [3.8, 4) is 12.3 Å². The quantitative estimate of drug-likeness (QED) is 0.758. The van der Waals surface area contributed by atoms with E-state index in [0.29, 0.717) is 19.3 Å². The molecule has 0 spiro atoms. The molecule has 0 saturated carbocycles. The summed E-state index contributed by atoms with van der Waals surface area (Å²) in [5.74, 6) is 2.60. The van der Waals surface area contributed by atoms with Gasteiger partial charge in [0, 0.05) is 24.5 Å². The second-order valence-corrected chi connectivity index (χ2v) is 4.24. The summed E-state index contributed by atoms with van der Waals surface area (Å²) in [6.45, 7) is 1.96. The van der Waals surface area contributed by atoms with Gasteiger partial charge >= 0.3 is 0 Å². The van der Waals surface area contributed by atoms with Crippen molar-refractivity contribution < 1.29 is 4.79 Å². The second-order valence-electron chi connectivity index (χ2n) is 4.24. The third kappa shape index (κ3) is 2.57. The van der Waals surface area contributed by atoms with Crippen LogP contribution in [0.5, 0.6) is 0 Å². The van der Waals surface area contributed by atoms with Gasteiger partial charge in [0.2, 0.25) is 5.91 Å². The number of nitrogens with zero attached hydrogens (tertiary/aromatic N) is 3. The number of carbonyl (C=O) groups is 1. The molecule has 92 valence electrons. The zero-order valence-corrected chi connectivity index (χ0v) is 10.3. The SMILES string of the molecule is C#CCCC1=NN(C(C)c2ccncc2)C(=O)C1. The molecular weight excluding hydrogens is 226 g/mol. The summed E-state index contributed by atoms with van der Waals surface area (Å²) in [6, 6.07) is 3.73. The molecule has 0 radical (unpaired) electrons. The van der Waals surface area contributed by atoms with Crippen molar-refractivity contribution in [1.29, 1.82) is 0 Å². The number of hydrazone groups is 1. The minimum Gasteiger partial charge on any atom is -0.273 e. The lowest BCUT2D eigenvalue weighted by atomic mass is 10.1. The van der Waals surface area contributed by atoms with Crippen molar-refractivity contribution >= 4 is 11.6 Å². The van der Waals surface area contributed by atoms with Crippen molar-refractivity contribution in [3.63, 3.8) is 0 Å². The van der Waals surface area contributed by atoms with E-state index in [2.05, 4.69) is 16.0 Å². The number of hydrogen-bond donors (Lipinski definition) is 0. The summed E-state index contributed by atoms with van der Waals surface area (Å²) in [5, 5.41) is 5.91. The molecule has 4 heteroatoms. The number of aromatic nitrogens is 1. The van der Waals surface area contributed by atoms with Crippen LogP contribution in [-0.4, -0.2) is 21.6 Å². The first kappa shape index (κ1) is 12.3. The van der Waals surface area contributed by atoms with Gasteiger partial charge in [0.25, 0.3) is 0 Å². The van der Waals surface area contributed by atoms with Crippen molar-refractivity contribution in [2.45, 2.75) is 32.2 Å². The number of terminal acetylenes is 1. The van der Waals surface area contributed by atoms with Gasteiger partial charge in [-0.2, -0.15) is 5.10 Å². The first-order chi connectivity index (χ1) is 8.72. The predicted octanol–water partition coefficient (Wildman–Crippen LogP) is 2.14. The van der Waals surface area contributed by atoms with E-state index in [1.54, 1.807) is 17.4 Å². The van der Waals surface area contributed by atoms with Gasteiger partial charge in [-0.05, 0) is 31.0 Å². The molecule has 1 aliphatic rings. The van der Waals surface area contributed by atoms with E-state index in [9.17, 15) is 4.79 Å². The van der Waals surface area contributed by atoms with Crippen LogP contribution >= 0.6 is 0 Å². The van der Waals surface area contributed by atoms with Gasteiger partial charge in [0.15, 0.2) is 0 Å². The third-order valence-electron chi connectivity index (χ3n) is 2.97. The maximum absolute atomic E-state index is 11.9. The Bertz CT molecular complexity index is 502. The predicted molar refractivity (Wildman–Crippen MR) is 69.6 cm³/mol. The molecule has 0 fully saturated rings. The monoisotopic (exact) mass is 241 g/mol. The maximum Gasteiger partial charge on any atom is 0.248 e. The lowest BCUT2D eigenvalue weighted by Gasteiger charge is -2.20. The topological polar surface area (TPSA) is 45.6 Å². The number of pyridine rings is 1. The Morgan fingerprint density at radius 2 is 2.22 bits per heavy atom. The van der Waals surface area contributed by atoms with Crippen LogP contribution in [0.1, 0.15) is 37.8 Å². The van der Waals surface area contributed by atoms with E-state index in [-0.39, 0.29) is 11.9 Å². The molecule has 2 rings (SSSR count). The Hall–Kier alpha value is -2.15. The molecule has 0 aliphatic carbocycles. The van der Waals surface area contributed by atoms with Gasteiger partial charge in [-0.3, -0.25) is 9.78 Å². The van der Waals surface area contributed by atoms with Crippen molar-refractivity contribution in [2.24, 2.45) is 5.10 Å². The zero-order chi connectivity index (χ0) is 13.0. The second kappa shape index (κ2) is 5.46. The lowest BCUT2D eigenvalue weighted by molar-refractivity contribution is -0.130. The van der Waals surface area contributed by atoms with Crippen molar-refractivity contribution in [1.82, 2.24) is 9.99 Å². The molecular formula is C14H15N3O. The summed E-state index contributed by atoms with van der Waals surface area (Å²) < 4.78 is 0. The van der Waals surface area contributed by atoms with Crippen LogP contribution in [0, 0.1) is 12.3 Å². The fraction of sp³-hybridized carbons (Fsp3) is 0.357. The van der Waals surface area contributed by atoms with Gasteiger partial charge in [0.05, 0.1) is 12.5 Å². The lowest BCUT2D eigenvalue weighted by Crippen LogP contribution is -2.24. The normalized spacial score (nSPS) is 16.3. The number of carbonyl (C=O) groups excluding carboxylic acids is 1. The van der Waals surface area contributed by atoms with E-state index in [0.717, 1.165) is 11.3 Å². The molecule has 0 aromatic carbocycles. The van der Waals surface area contributed by atoms with Crippen molar-refractivity contribution in [2.75, 3.05) is 0 Å². The largest absolute Gasteiger partial charge is 0.273 e. The molecule has 4 nitrogen and oxygen atoms in total. The molecule has 1 aromatic rings. The molecule has 2 heterocycles. The van der Waals surface area contributed by atoms with Crippen LogP contribution in [0.2, 0.25) is 0 Å². The Labute approximate surface area is 107 Å². The van der Waals surface area contributed by atoms with E-state index < -0.39 is 0 Å². The van der Waals surface area contributed by atoms with Gasteiger partial charge in [0.1, 0.15) is 0 Å². The highest BCUT2D eigenvalue weighted by molar-refractivity contribution is 6.05. The van der Waals surface area contributed by atoms with Gasteiger partial charge in [-0.1, -0.05) is 0 Å². The average molecular weight is 241 g/mol. The fourth-order valence-corrected chi connectivity index (χ4v) is 1.94. The van der Waals surface area contributed by atoms with Crippen LogP contribution in [0.4, 0.5) is 0 Å². The first-order valence-corrected chi connectivity index (χ1v) is 5.94. The molecule has 18 heavy (non-hydrogen) atoms. The maximum atomic E-state index is 11.9. The number of amides is 1. The standard InChI is InChI=1S/C14H15N3O/c1-3-4-5-13-10-14(18)17(16-13)11(2)12-6-8-15-9-7-12/h1,6-9,11H,4-5,10H2,2H3. The summed E-state index contributed by atoms with van der Waals surface area (Å²) >= 11 is 0. The average Bonchev–Trinajstić information content (AvgIpc) is 2.78. The number of rotatable bonds is 4. The van der Waals surface area contributed by atoms with Crippen LogP contribution in [-0.2, 0) is 4.79 Å². The summed E-state index contributed by atoms with van der Waals surface area (Å²) in [5.41, 5.74) is 1.90. The molecule has 1 aliphatic heterocycles. The highest BCUT2D eigenvalue weighted by atomic mass is 16.2. The van der Waals surface area contributed by atoms with E-state index >= 15 is 0 Å². The zero-order valence-electron chi connectivity index (χ0n) is 10.3. The van der Waals surface area contributed by atoms with Gasteiger partial charge in [-0.25, -0.2) is 5.01 Å². The molecule has 1 aromatic heterocycles. The van der Waals surface area contributed by atoms with Crippen LogP contribution < -0.4 is 0 Å². The van der Waals surface area contributed by atoms with E-state index in [1.807, 2.05) is 19.1 Å². The van der Waals surface area contributed by atoms with Crippen LogP contribution in [0.25, 0.3) is 0 Å². The minimum absolute atomic E-state index is 0.0336. The molecule has 1 amide bonds. The molecule has 0 bridgehead atoms. The first-order valence-electron chi connectivity index (χ1n) is 5.94. The highest BCUT2D eigenvalue weighted by Gasteiger charge is 2.28. The minimum atomic E-state index is -0.0659. The van der Waals surface area contributed by atoms with Gasteiger partial charge < -0.3 is 0 Å². The van der Waals surface area contributed by atoms with E-state index in [1.165, 1.54) is 0 Å². The summed E-state index contributed by atoms with van der Waals surface area (Å²) in [4.78, 5) is 15.9. The highest BCUT2D eigenvalue weighted by Crippen LogP contribution is 2.25. The Kier molecular flexibility index (Phi) is 3.73. The Balaban J connectivity index is 2.11. The molecule has 1 unspecified atom stereocenters. The summed E-state index contributed by atoms with van der Waals surface area (Å²) in [6.07, 6.45) is 10.4. The Morgan fingerprint density at radius 3 is 2.89 bits per heavy atom. The summed E-state index contributed by atoms with van der Waals surface area (Å²) in [7, 11) is 0.